The molecule has 1 aromatic carbocycles. The van der Waals surface area contributed by atoms with E-state index in [0.29, 0.717) is 11.0 Å². The highest BCUT2D eigenvalue weighted by Crippen LogP contribution is 2.21. The van der Waals surface area contributed by atoms with Gasteiger partial charge in [0.05, 0.1) is 11.0 Å². The van der Waals surface area contributed by atoms with E-state index in [9.17, 15) is 0 Å². The summed E-state index contributed by atoms with van der Waals surface area (Å²) in [5.41, 5.74) is 7.12. The Morgan fingerprint density at radius 1 is 1.05 bits per heavy atom. The first-order valence-electron chi connectivity index (χ1n) is 6.92. The van der Waals surface area contributed by atoms with E-state index in [1.807, 2.05) is 0 Å². The van der Waals surface area contributed by atoms with Gasteiger partial charge in [-0.3, -0.25) is 9.80 Å². The Hall–Kier alpha value is -0.970. The van der Waals surface area contributed by atoms with Gasteiger partial charge in [-0.25, -0.2) is 0 Å². The molecule has 1 fully saturated rings. The minimum Gasteiger partial charge on any atom is -0.392 e. The molecule has 4 heteroatoms. The molecule has 1 aliphatic rings. The van der Waals surface area contributed by atoms with Gasteiger partial charge in [0.2, 0.25) is 0 Å². The molecular weight excluding hydrogens is 254 g/mol. The number of thiocarbonyl (C=S) groups is 1. The highest BCUT2D eigenvalue weighted by atomic mass is 32.1. The molecule has 2 unspecified atom stereocenters. The van der Waals surface area contributed by atoms with Crippen molar-refractivity contribution in [2.75, 3.05) is 26.2 Å². The topological polar surface area (TPSA) is 32.5 Å². The molecule has 104 valence electrons. The van der Waals surface area contributed by atoms with E-state index in [2.05, 4.69) is 54.0 Å². The van der Waals surface area contributed by atoms with Gasteiger partial charge in [-0.05, 0) is 19.4 Å². The standard InChI is InChI=1S/C15H23N3S/c1-12(14-6-4-3-5-7-14)17-8-10-18(11-9-17)13(2)15(16)19/h3-7,12-13H,8-11H2,1-2H3,(H2,16,19). The average molecular weight is 277 g/mol. The van der Waals surface area contributed by atoms with E-state index in [1.54, 1.807) is 0 Å². The minimum absolute atomic E-state index is 0.212. The van der Waals surface area contributed by atoms with Gasteiger partial charge in [-0.2, -0.15) is 0 Å². The fourth-order valence-corrected chi connectivity index (χ4v) is 2.78. The molecule has 1 heterocycles. The van der Waals surface area contributed by atoms with E-state index in [-0.39, 0.29) is 6.04 Å². The molecule has 1 saturated heterocycles. The summed E-state index contributed by atoms with van der Waals surface area (Å²) in [5, 5.41) is 0. The van der Waals surface area contributed by atoms with Crippen LogP contribution in [0, 0.1) is 0 Å². The van der Waals surface area contributed by atoms with E-state index in [0.717, 1.165) is 26.2 Å². The molecule has 0 amide bonds. The van der Waals surface area contributed by atoms with Gasteiger partial charge >= 0.3 is 0 Å². The molecule has 0 bridgehead atoms. The summed E-state index contributed by atoms with van der Waals surface area (Å²) in [4.78, 5) is 5.50. The number of piperazine rings is 1. The third-order valence-electron chi connectivity index (χ3n) is 4.14. The maximum atomic E-state index is 5.73. The van der Waals surface area contributed by atoms with Crippen molar-refractivity contribution in [3.05, 3.63) is 35.9 Å². The van der Waals surface area contributed by atoms with E-state index >= 15 is 0 Å². The first-order valence-corrected chi connectivity index (χ1v) is 7.33. The third-order valence-corrected chi connectivity index (χ3v) is 4.48. The van der Waals surface area contributed by atoms with Crippen LogP contribution in [0.5, 0.6) is 0 Å². The van der Waals surface area contributed by atoms with Crippen LogP contribution in [0.15, 0.2) is 30.3 Å². The van der Waals surface area contributed by atoms with Crippen molar-refractivity contribution in [2.24, 2.45) is 5.73 Å². The third kappa shape index (κ3) is 3.53. The molecule has 0 spiro atoms. The van der Waals surface area contributed by atoms with Gasteiger partial charge in [0.15, 0.2) is 0 Å². The van der Waals surface area contributed by atoms with Crippen LogP contribution in [0.3, 0.4) is 0 Å². The second kappa shape index (κ2) is 6.46. The van der Waals surface area contributed by atoms with Gasteiger partial charge in [-0.15, -0.1) is 0 Å². The molecule has 0 radical (unpaired) electrons. The summed E-state index contributed by atoms with van der Waals surface area (Å²) in [7, 11) is 0. The number of hydrogen-bond acceptors (Lipinski definition) is 3. The SMILES string of the molecule is CC(C(N)=S)N1CCN(C(C)c2ccccc2)CC1. The average Bonchev–Trinajstić information content (AvgIpc) is 2.46. The molecule has 2 atom stereocenters. The summed E-state index contributed by atoms with van der Waals surface area (Å²) >= 11 is 5.08. The summed E-state index contributed by atoms with van der Waals surface area (Å²) in [6.07, 6.45) is 0. The fraction of sp³-hybridized carbons (Fsp3) is 0.533. The van der Waals surface area contributed by atoms with Crippen LogP contribution in [0.4, 0.5) is 0 Å². The summed E-state index contributed by atoms with van der Waals surface area (Å²) in [5.74, 6) is 0. The van der Waals surface area contributed by atoms with E-state index in [4.69, 9.17) is 18.0 Å². The summed E-state index contributed by atoms with van der Waals surface area (Å²) in [6.45, 7) is 8.60. The maximum Gasteiger partial charge on any atom is 0.0899 e. The zero-order valence-electron chi connectivity index (χ0n) is 11.7. The van der Waals surface area contributed by atoms with E-state index in [1.165, 1.54) is 5.56 Å². The van der Waals surface area contributed by atoms with Gasteiger partial charge in [0, 0.05) is 32.2 Å². The number of hydrogen-bond donors (Lipinski definition) is 1. The summed E-state index contributed by atoms with van der Waals surface area (Å²) < 4.78 is 0. The van der Waals surface area contributed by atoms with Gasteiger partial charge in [0.25, 0.3) is 0 Å². The highest BCUT2D eigenvalue weighted by Gasteiger charge is 2.25. The molecule has 1 aliphatic heterocycles. The second-order valence-corrected chi connectivity index (χ2v) is 5.71. The van der Waals surface area contributed by atoms with E-state index < -0.39 is 0 Å². The van der Waals surface area contributed by atoms with Crippen molar-refractivity contribution in [1.82, 2.24) is 9.80 Å². The predicted octanol–water partition coefficient (Wildman–Crippen LogP) is 2.04. The Labute approximate surface area is 121 Å². The Bertz CT molecular complexity index is 413. The first-order chi connectivity index (χ1) is 9.09. The van der Waals surface area contributed by atoms with Gasteiger partial charge in [-0.1, -0.05) is 42.5 Å². The van der Waals surface area contributed by atoms with Crippen LogP contribution in [-0.2, 0) is 0 Å². The quantitative estimate of drug-likeness (QED) is 0.854. The van der Waals surface area contributed by atoms with Crippen molar-refractivity contribution in [2.45, 2.75) is 25.9 Å². The molecule has 0 saturated carbocycles. The molecule has 0 aliphatic carbocycles. The smallest absolute Gasteiger partial charge is 0.0899 e. The van der Waals surface area contributed by atoms with Crippen molar-refractivity contribution < 1.29 is 0 Å². The van der Waals surface area contributed by atoms with Crippen LogP contribution in [0.25, 0.3) is 0 Å². The first kappa shape index (κ1) is 14.4. The van der Waals surface area contributed by atoms with Crippen LogP contribution in [-0.4, -0.2) is 47.0 Å². The molecule has 3 nitrogen and oxygen atoms in total. The lowest BCUT2D eigenvalue weighted by atomic mass is 10.1. The lowest BCUT2D eigenvalue weighted by Gasteiger charge is -2.40. The van der Waals surface area contributed by atoms with Crippen LogP contribution < -0.4 is 5.73 Å². The van der Waals surface area contributed by atoms with Crippen molar-refractivity contribution in [3.63, 3.8) is 0 Å². The monoisotopic (exact) mass is 277 g/mol. The Kier molecular flexibility index (Phi) is 4.91. The zero-order valence-corrected chi connectivity index (χ0v) is 12.6. The predicted molar refractivity (Wildman–Crippen MR) is 84.3 cm³/mol. The number of rotatable bonds is 4. The van der Waals surface area contributed by atoms with Crippen molar-refractivity contribution >= 4 is 17.2 Å². The van der Waals surface area contributed by atoms with Crippen LogP contribution >= 0.6 is 12.2 Å². The maximum absolute atomic E-state index is 5.73. The van der Waals surface area contributed by atoms with Crippen molar-refractivity contribution in [1.29, 1.82) is 0 Å². The summed E-state index contributed by atoms with van der Waals surface area (Å²) in [6, 6.07) is 11.4. The lowest BCUT2D eigenvalue weighted by molar-refractivity contribution is 0.0946. The fourth-order valence-electron chi connectivity index (χ4n) is 2.63. The van der Waals surface area contributed by atoms with Crippen LogP contribution in [0.2, 0.25) is 0 Å². The van der Waals surface area contributed by atoms with Gasteiger partial charge in [0.1, 0.15) is 0 Å². The number of nitrogens with two attached hydrogens (primary N) is 1. The molecule has 2 rings (SSSR count). The highest BCUT2D eigenvalue weighted by molar-refractivity contribution is 7.80. The largest absolute Gasteiger partial charge is 0.392 e. The molecule has 1 aromatic rings. The number of benzene rings is 1. The Morgan fingerprint density at radius 2 is 1.58 bits per heavy atom. The molecular formula is C15H23N3S. The molecule has 0 aromatic heterocycles. The zero-order chi connectivity index (χ0) is 13.8. The lowest BCUT2D eigenvalue weighted by Crippen LogP contribution is -2.53. The molecule has 2 N–H and O–H groups in total. The minimum atomic E-state index is 0.212. The Morgan fingerprint density at radius 3 is 2.11 bits per heavy atom. The Balaban J connectivity index is 1.91. The van der Waals surface area contributed by atoms with Crippen molar-refractivity contribution in [3.8, 4) is 0 Å². The normalized spacial score (nSPS) is 20.9. The number of nitrogens with zero attached hydrogens (tertiary/aromatic N) is 2. The second-order valence-electron chi connectivity index (χ2n) is 5.24. The molecule has 19 heavy (non-hydrogen) atoms. The van der Waals surface area contributed by atoms with Crippen LogP contribution in [0.1, 0.15) is 25.5 Å². The van der Waals surface area contributed by atoms with Gasteiger partial charge < -0.3 is 5.73 Å².